The lowest BCUT2D eigenvalue weighted by Crippen LogP contribution is -2.26. The van der Waals surface area contributed by atoms with E-state index in [4.69, 9.17) is 15.9 Å². The normalized spacial score (nSPS) is 11.4. The van der Waals surface area contributed by atoms with Crippen LogP contribution in [0.15, 0.2) is 102 Å². The minimum absolute atomic E-state index is 0.0896. The van der Waals surface area contributed by atoms with E-state index in [2.05, 4.69) is 10.4 Å². The first-order valence-electron chi connectivity index (χ1n) is 10.1. The van der Waals surface area contributed by atoms with Gasteiger partial charge in [0.15, 0.2) is 0 Å². The van der Waals surface area contributed by atoms with Crippen LogP contribution in [0.4, 0.5) is 5.69 Å². The third-order valence-corrected chi connectivity index (χ3v) is 4.83. The summed E-state index contributed by atoms with van der Waals surface area (Å²) in [6.45, 7) is 0. The molecule has 1 unspecified atom stereocenters. The molecule has 0 fully saturated rings. The summed E-state index contributed by atoms with van der Waals surface area (Å²) in [5.74, 6) is -0.0537. The Bertz CT molecular complexity index is 1330. The zero-order valence-corrected chi connectivity index (χ0v) is 17.5. The number of nitrogens with one attached hydrogen (secondary N) is 2. The van der Waals surface area contributed by atoms with Crippen molar-refractivity contribution in [1.29, 1.82) is 5.41 Å². The van der Waals surface area contributed by atoms with Crippen LogP contribution in [-0.4, -0.2) is 21.5 Å². The van der Waals surface area contributed by atoms with Gasteiger partial charge in [0.2, 0.25) is 6.10 Å². The number of hydrogen-bond donors (Lipinski definition) is 3. The number of rotatable bonds is 7. The van der Waals surface area contributed by atoms with Gasteiger partial charge in [-0.1, -0.05) is 42.5 Å². The number of nitrogen functional groups attached to an aromatic ring is 1. The summed E-state index contributed by atoms with van der Waals surface area (Å²) in [4.78, 5) is 25.1. The topological polar surface area (TPSA) is 123 Å². The highest BCUT2D eigenvalue weighted by atomic mass is 16.5. The maximum atomic E-state index is 13.2. The first-order valence-corrected chi connectivity index (χ1v) is 10.1. The van der Waals surface area contributed by atoms with Crippen LogP contribution < -0.4 is 21.3 Å². The van der Waals surface area contributed by atoms with Crippen LogP contribution in [0, 0.1) is 5.41 Å². The van der Waals surface area contributed by atoms with Crippen molar-refractivity contribution in [2.24, 2.45) is 5.73 Å². The molecule has 4 rings (SSSR count). The number of hydrogen-bond acceptors (Lipinski definition) is 5. The zero-order valence-electron chi connectivity index (χ0n) is 17.5. The van der Waals surface area contributed by atoms with Crippen molar-refractivity contribution >= 4 is 17.4 Å². The molecule has 8 heteroatoms. The molecule has 1 atom stereocenters. The molecule has 8 nitrogen and oxygen atoms in total. The molecule has 0 spiro atoms. The number of amides is 1. The Labute approximate surface area is 189 Å². The summed E-state index contributed by atoms with van der Waals surface area (Å²) >= 11 is 0. The number of benzene rings is 3. The predicted molar refractivity (Wildman–Crippen MR) is 126 cm³/mol. The first kappa shape index (κ1) is 21.5. The second-order valence-electron chi connectivity index (χ2n) is 7.16. The van der Waals surface area contributed by atoms with E-state index < -0.39 is 6.10 Å². The largest absolute Gasteiger partial charge is 0.476 e. The average Bonchev–Trinajstić information content (AvgIpc) is 2.84. The van der Waals surface area contributed by atoms with Gasteiger partial charge in [-0.3, -0.25) is 15.0 Å². The van der Waals surface area contributed by atoms with Crippen LogP contribution in [-0.2, 0) is 4.79 Å². The summed E-state index contributed by atoms with van der Waals surface area (Å²) in [5, 5.41) is 14.5. The van der Waals surface area contributed by atoms with Crippen molar-refractivity contribution in [2.45, 2.75) is 6.10 Å². The number of nitrogens with zero attached hydrogens (tertiary/aromatic N) is 2. The summed E-state index contributed by atoms with van der Waals surface area (Å²) < 4.78 is 7.28. The second kappa shape index (κ2) is 9.61. The fraction of sp³-hybridized carbons (Fsp3) is 0.0400. The van der Waals surface area contributed by atoms with Gasteiger partial charge in [0.05, 0.1) is 5.69 Å². The molecule has 164 valence electrons. The minimum Gasteiger partial charge on any atom is -0.476 e. The number of anilines is 1. The highest BCUT2D eigenvalue weighted by Crippen LogP contribution is 2.25. The Morgan fingerprint density at radius 3 is 2.42 bits per heavy atom. The fourth-order valence-electron chi connectivity index (χ4n) is 3.22. The van der Waals surface area contributed by atoms with Gasteiger partial charge < -0.3 is 15.8 Å². The molecule has 1 aromatic heterocycles. The molecular formula is C25H21N5O3. The maximum absolute atomic E-state index is 13.2. The number of nitrogens with two attached hydrogens (primary N) is 1. The third kappa shape index (κ3) is 5.13. The number of carbonyl (C=O) groups is 1. The van der Waals surface area contributed by atoms with Crippen molar-refractivity contribution in [2.75, 3.05) is 5.32 Å². The van der Waals surface area contributed by atoms with E-state index in [9.17, 15) is 9.59 Å². The van der Waals surface area contributed by atoms with Gasteiger partial charge in [0.25, 0.3) is 11.5 Å². The molecule has 1 heterocycles. The van der Waals surface area contributed by atoms with Crippen molar-refractivity contribution in [3.05, 3.63) is 119 Å². The van der Waals surface area contributed by atoms with Crippen LogP contribution in [0.3, 0.4) is 0 Å². The van der Waals surface area contributed by atoms with Crippen molar-refractivity contribution in [3.63, 3.8) is 0 Å². The van der Waals surface area contributed by atoms with E-state index in [1.165, 1.54) is 16.9 Å². The highest BCUT2D eigenvalue weighted by Gasteiger charge is 2.23. The van der Waals surface area contributed by atoms with E-state index in [1.807, 2.05) is 18.2 Å². The van der Waals surface area contributed by atoms with Gasteiger partial charge in [-0.2, -0.15) is 9.78 Å². The lowest BCUT2D eigenvalue weighted by atomic mass is 10.1. The zero-order chi connectivity index (χ0) is 23.2. The molecular weight excluding hydrogens is 418 g/mol. The van der Waals surface area contributed by atoms with Gasteiger partial charge in [-0.25, -0.2) is 0 Å². The molecule has 4 N–H and O–H groups in total. The van der Waals surface area contributed by atoms with Crippen molar-refractivity contribution in [1.82, 2.24) is 9.78 Å². The highest BCUT2D eigenvalue weighted by molar-refractivity contribution is 5.96. The number of ether oxygens (including phenoxy) is 1. The molecule has 4 aromatic rings. The van der Waals surface area contributed by atoms with E-state index in [0.29, 0.717) is 28.3 Å². The van der Waals surface area contributed by atoms with Crippen LogP contribution in [0.2, 0.25) is 0 Å². The fourth-order valence-corrected chi connectivity index (χ4v) is 3.22. The van der Waals surface area contributed by atoms with E-state index in [1.54, 1.807) is 66.7 Å². The molecule has 0 aliphatic heterocycles. The monoisotopic (exact) mass is 439 g/mol. The summed E-state index contributed by atoms with van der Waals surface area (Å²) in [6, 6.07) is 25.6. The Hall–Kier alpha value is -4.72. The predicted octanol–water partition coefficient (Wildman–Crippen LogP) is 3.28. The molecule has 0 aliphatic rings. The van der Waals surface area contributed by atoms with Crippen LogP contribution >= 0.6 is 0 Å². The summed E-state index contributed by atoms with van der Waals surface area (Å²) in [6.07, 6.45) is 0.589. The Morgan fingerprint density at radius 2 is 1.73 bits per heavy atom. The minimum atomic E-state index is -0.938. The number of aromatic nitrogens is 2. The van der Waals surface area contributed by atoms with Crippen LogP contribution in [0.5, 0.6) is 5.75 Å². The SMILES string of the molecule is N=C(N)c1cccc(OC(C(=O)Nc2ccc(-n3ncccc3=O)cc2)c2ccccc2)c1. The number of carbonyl (C=O) groups excluding carboxylic acids is 1. The Morgan fingerprint density at radius 1 is 0.970 bits per heavy atom. The Kier molecular flexibility index (Phi) is 6.26. The maximum Gasteiger partial charge on any atom is 0.271 e. The van der Waals surface area contributed by atoms with E-state index in [0.717, 1.165) is 0 Å². The molecule has 0 radical (unpaired) electrons. The average molecular weight is 439 g/mol. The summed E-state index contributed by atoms with van der Waals surface area (Å²) in [5.41, 5.74) is 7.61. The third-order valence-electron chi connectivity index (χ3n) is 4.83. The van der Waals surface area contributed by atoms with Crippen LogP contribution in [0.1, 0.15) is 17.2 Å². The van der Waals surface area contributed by atoms with Gasteiger partial charge in [-0.15, -0.1) is 0 Å². The molecule has 3 aromatic carbocycles. The first-order chi connectivity index (χ1) is 16.0. The molecule has 33 heavy (non-hydrogen) atoms. The van der Waals surface area contributed by atoms with Gasteiger partial charge in [0, 0.05) is 29.1 Å². The Balaban J connectivity index is 1.57. The van der Waals surface area contributed by atoms with Gasteiger partial charge in [-0.05, 0) is 42.5 Å². The van der Waals surface area contributed by atoms with E-state index in [-0.39, 0.29) is 17.3 Å². The van der Waals surface area contributed by atoms with E-state index >= 15 is 0 Å². The lowest BCUT2D eigenvalue weighted by molar-refractivity contribution is -0.123. The van der Waals surface area contributed by atoms with Gasteiger partial charge in [0.1, 0.15) is 11.6 Å². The molecule has 0 aliphatic carbocycles. The standard InChI is InChI=1S/C25H21N5O3/c26-24(27)18-8-4-9-21(16-18)33-23(17-6-2-1-3-7-17)25(32)29-19-11-13-20(14-12-19)30-22(31)10-5-15-28-30/h1-16,23H,(H3,26,27)(H,29,32). The van der Waals surface area contributed by atoms with Gasteiger partial charge >= 0.3 is 0 Å². The van der Waals surface area contributed by atoms with Crippen molar-refractivity contribution < 1.29 is 9.53 Å². The summed E-state index contributed by atoms with van der Waals surface area (Å²) in [7, 11) is 0. The smallest absolute Gasteiger partial charge is 0.271 e. The quantitative estimate of drug-likeness (QED) is 0.301. The number of amidine groups is 1. The molecule has 1 amide bonds. The van der Waals surface area contributed by atoms with Crippen LogP contribution in [0.25, 0.3) is 5.69 Å². The lowest BCUT2D eigenvalue weighted by Gasteiger charge is -2.20. The van der Waals surface area contributed by atoms with Crippen molar-refractivity contribution in [3.8, 4) is 11.4 Å². The molecule has 0 saturated heterocycles. The second-order valence-corrected chi connectivity index (χ2v) is 7.16. The molecule has 0 saturated carbocycles. The molecule has 0 bridgehead atoms.